The summed E-state index contributed by atoms with van der Waals surface area (Å²) >= 11 is 4.85. The van der Waals surface area contributed by atoms with E-state index in [1.807, 2.05) is 25.1 Å². The summed E-state index contributed by atoms with van der Waals surface area (Å²) in [4.78, 5) is 32.9. The van der Waals surface area contributed by atoms with Crippen LogP contribution in [0.4, 0.5) is 0 Å². The molecule has 0 N–H and O–H groups in total. The van der Waals surface area contributed by atoms with Crippen LogP contribution in [0.15, 0.2) is 32.6 Å². The second-order valence-electron chi connectivity index (χ2n) is 8.14. The molecule has 2 heterocycles. The molecule has 2 fully saturated rings. The molecule has 0 radical (unpaired) electrons. The molecule has 1 aromatic carbocycles. The predicted octanol–water partition coefficient (Wildman–Crippen LogP) is 4.84. The number of thioether (sulfide) groups is 1. The molecule has 1 aromatic heterocycles. The maximum atomic E-state index is 13.1. The van der Waals surface area contributed by atoms with E-state index < -0.39 is 0 Å². The Labute approximate surface area is 184 Å². The highest BCUT2D eigenvalue weighted by molar-refractivity contribution is 9.10. The van der Waals surface area contributed by atoms with Crippen LogP contribution in [-0.2, 0) is 11.3 Å². The molecule has 156 valence electrons. The number of halogens is 1. The van der Waals surface area contributed by atoms with Crippen molar-refractivity contribution < 1.29 is 4.79 Å². The minimum absolute atomic E-state index is 0.0292. The van der Waals surface area contributed by atoms with Crippen molar-refractivity contribution >= 4 is 44.5 Å². The zero-order chi connectivity index (χ0) is 20.4. The van der Waals surface area contributed by atoms with Crippen molar-refractivity contribution in [2.24, 2.45) is 5.92 Å². The number of hydrogen-bond donors (Lipinski definition) is 0. The van der Waals surface area contributed by atoms with E-state index in [1.165, 1.54) is 37.4 Å². The van der Waals surface area contributed by atoms with E-state index in [-0.39, 0.29) is 11.5 Å². The first kappa shape index (κ1) is 20.9. The molecule has 1 aliphatic heterocycles. The Kier molecular flexibility index (Phi) is 6.64. The van der Waals surface area contributed by atoms with Gasteiger partial charge in [-0.15, -0.1) is 0 Å². The summed E-state index contributed by atoms with van der Waals surface area (Å²) in [5.41, 5.74) is 0.657. The van der Waals surface area contributed by atoms with Crippen LogP contribution in [-0.4, -0.2) is 38.7 Å². The fourth-order valence-corrected chi connectivity index (χ4v) is 6.12. The molecule has 1 aliphatic carbocycles. The van der Waals surface area contributed by atoms with Crippen molar-refractivity contribution in [1.29, 1.82) is 0 Å². The van der Waals surface area contributed by atoms with Gasteiger partial charge >= 0.3 is 0 Å². The zero-order valence-electron chi connectivity index (χ0n) is 16.9. The first-order valence-corrected chi connectivity index (χ1v) is 12.5. The summed E-state index contributed by atoms with van der Waals surface area (Å²) in [7, 11) is 0. The van der Waals surface area contributed by atoms with Crippen LogP contribution in [0.25, 0.3) is 10.9 Å². The number of aromatic nitrogens is 2. The van der Waals surface area contributed by atoms with Crippen molar-refractivity contribution in [2.75, 3.05) is 12.3 Å². The molecule has 0 bridgehead atoms. The topological polar surface area (TPSA) is 55.2 Å². The van der Waals surface area contributed by atoms with Crippen molar-refractivity contribution in [3.63, 3.8) is 0 Å². The third-order valence-corrected chi connectivity index (χ3v) is 7.67. The number of hydrogen-bond acceptors (Lipinski definition) is 4. The number of carbonyl (C=O) groups is 1. The van der Waals surface area contributed by atoms with Gasteiger partial charge in [-0.05, 0) is 56.2 Å². The number of likely N-dealkylation sites (tertiary alicyclic amines) is 1. The summed E-state index contributed by atoms with van der Waals surface area (Å²) < 4.78 is 2.60. The van der Waals surface area contributed by atoms with Gasteiger partial charge in [-0.1, -0.05) is 47.5 Å². The normalized spacial score (nSPS) is 21.9. The Morgan fingerprint density at radius 2 is 2.03 bits per heavy atom. The lowest BCUT2D eigenvalue weighted by molar-refractivity contribution is -0.134. The van der Waals surface area contributed by atoms with E-state index in [0.29, 0.717) is 40.3 Å². The molecule has 4 rings (SSSR count). The first-order chi connectivity index (χ1) is 14.1. The van der Waals surface area contributed by atoms with Crippen LogP contribution in [0.1, 0.15) is 51.9 Å². The number of amides is 1. The molecule has 5 nitrogen and oxygen atoms in total. The van der Waals surface area contributed by atoms with Crippen LogP contribution < -0.4 is 5.56 Å². The van der Waals surface area contributed by atoms with Crippen LogP contribution >= 0.6 is 27.7 Å². The largest absolute Gasteiger partial charge is 0.339 e. The Hall–Kier alpha value is -1.34. The second kappa shape index (κ2) is 9.21. The molecule has 1 amide bonds. The smallest absolute Gasteiger partial charge is 0.262 e. The maximum absolute atomic E-state index is 13.1. The average molecular weight is 478 g/mol. The molecule has 0 spiro atoms. The van der Waals surface area contributed by atoms with E-state index in [0.717, 1.165) is 30.3 Å². The van der Waals surface area contributed by atoms with Crippen LogP contribution in [0.2, 0.25) is 0 Å². The number of fused-ring (bicyclic) bond motifs is 2. The van der Waals surface area contributed by atoms with Gasteiger partial charge in [-0.2, -0.15) is 0 Å². The van der Waals surface area contributed by atoms with Gasteiger partial charge in [0.1, 0.15) is 0 Å². The summed E-state index contributed by atoms with van der Waals surface area (Å²) in [5.74, 6) is 1.23. The molecular weight excluding hydrogens is 450 g/mol. The predicted molar refractivity (Wildman–Crippen MR) is 121 cm³/mol. The number of rotatable bonds is 5. The van der Waals surface area contributed by atoms with E-state index in [2.05, 4.69) is 20.8 Å². The standard InChI is InChI=1S/C22H28BrN3O2S/c1-2-11-26-21(28)17-13-16(23)9-10-18(17)24-22(26)29-14-20(27)25-12-5-7-15-6-3-4-8-19(15)25/h9-10,13,15,19H,2-8,11-12,14H2,1H3. The van der Waals surface area contributed by atoms with Crippen molar-refractivity contribution in [3.05, 3.63) is 33.0 Å². The Morgan fingerprint density at radius 3 is 2.86 bits per heavy atom. The Balaban J connectivity index is 1.55. The van der Waals surface area contributed by atoms with Crippen LogP contribution in [0.5, 0.6) is 0 Å². The summed E-state index contributed by atoms with van der Waals surface area (Å²) in [5, 5.41) is 1.27. The molecule has 1 saturated carbocycles. The lowest BCUT2D eigenvalue weighted by Gasteiger charge is -2.44. The number of nitrogens with zero attached hydrogens (tertiary/aromatic N) is 3. The van der Waals surface area contributed by atoms with Gasteiger partial charge < -0.3 is 4.90 Å². The number of benzene rings is 1. The van der Waals surface area contributed by atoms with E-state index >= 15 is 0 Å². The Morgan fingerprint density at radius 1 is 1.24 bits per heavy atom. The molecule has 29 heavy (non-hydrogen) atoms. The van der Waals surface area contributed by atoms with Crippen LogP contribution in [0.3, 0.4) is 0 Å². The fourth-order valence-electron chi connectivity index (χ4n) is 4.85. The fraction of sp³-hybridized carbons (Fsp3) is 0.591. The highest BCUT2D eigenvalue weighted by Gasteiger charge is 2.35. The Bertz CT molecular complexity index is 959. The van der Waals surface area contributed by atoms with Crippen LogP contribution in [0, 0.1) is 5.92 Å². The van der Waals surface area contributed by atoms with Gasteiger partial charge in [-0.3, -0.25) is 14.2 Å². The van der Waals surface area contributed by atoms with Crippen molar-refractivity contribution in [1.82, 2.24) is 14.5 Å². The van der Waals surface area contributed by atoms with Gasteiger partial charge in [0.25, 0.3) is 5.56 Å². The monoisotopic (exact) mass is 477 g/mol. The third kappa shape index (κ3) is 4.41. The van der Waals surface area contributed by atoms with Gasteiger partial charge in [-0.25, -0.2) is 4.98 Å². The third-order valence-electron chi connectivity index (χ3n) is 6.22. The van der Waals surface area contributed by atoms with E-state index in [1.54, 1.807) is 4.57 Å². The minimum Gasteiger partial charge on any atom is -0.339 e. The van der Waals surface area contributed by atoms with E-state index in [9.17, 15) is 9.59 Å². The molecule has 2 aliphatic rings. The second-order valence-corrected chi connectivity index (χ2v) is 10.0. The summed E-state index contributed by atoms with van der Waals surface area (Å²) in [6, 6.07) is 6.01. The lowest BCUT2D eigenvalue weighted by atomic mass is 9.78. The summed E-state index contributed by atoms with van der Waals surface area (Å²) in [6.45, 7) is 3.54. The zero-order valence-corrected chi connectivity index (χ0v) is 19.3. The molecule has 2 unspecified atom stereocenters. The van der Waals surface area contributed by atoms with E-state index in [4.69, 9.17) is 4.98 Å². The quantitative estimate of drug-likeness (QED) is 0.456. The SMILES string of the molecule is CCCn1c(SCC(=O)N2CCCC3CCCCC32)nc2ccc(Br)cc2c1=O. The molecule has 7 heteroatoms. The average Bonchev–Trinajstić information content (AvgIpc) is 2.74. The van der Waals surface area contributed by atoms with Gasteiger partial charge in [0.05, 0.1) is 16.7 Å². The lowest BCUT2D eigenvalue weighted by Crippen LogP contribution is -2.50. The van der Waals surface area contributed by atoms with Gasteiger partial charge in [0, 0.05) is 23.6 Å². The highest BCUT2D eigenvalue weighted by Crippen LogP contribution is 2.35. The molecule has 2 aromatic rings. The number of piperidine rings is 1. The highest BCUT2D eigenvalue weighted by atomic mass is 79.9. The van der Waals surface area contributed by atoms with Crippen molar-refractivity contribution in [2.45, 2.75) is 69.6 Å². The van der Waals surface area contributed by atoms with Gasteiger partial charge in [0.15, 0.2) is 5.16 Å². The van der Waals surface area contributed by atoms with Gasteiger partial charge in [0.2, 0.25) is 5.91 Å². The molecule has 2 atom stereocenters. The molecular formula is C22H28BrN3O2S. The minimum atomic E-state index is -0.0292. The first-order valence-electron chi connectivity index (χ1n) is 10.7. The summed E-state index contributed by atoms with van der Waals surface area (Å²) in [6.07, 6.45) is 8.16. The van der Waals surface area contributed by atoms with Crippen molar-refractivity contribution in [3.8, 4) is 0 Å². The molecule has 1 saturated heterocycles. The number of carbonyl (C=O) groups excluding carboxylic acids is 1. The maximum Gasteiger partial charge on any atom is 0.262 e.